The molecule has 0 aromatic rings. The molecular weight excluding hydrogens is 320 g/mol. The molecule has 0 amide bonds. The van der Waals surface area contributed by atoms with E-state index in [4.69, 9.17) is 0 Å². The third-order valence-electron chi connectivity index (χ3n) is 5.38. The van der Waals surface area contributed by atoms with Crippen LogP contribution < -0.4 is 0 Å². The minimum atomic E-state index is -1.65. The molecule has 0 radical (unpaired) electrons. The van der Waals surface area contributed by atoms with Crippen LogP contribution in [0, 0.1) is 16.2 Å². The monoisotopic (exact) mass is 360 g/mol. The van der Waals surface area contributed by atoms with Crippen molar-refractivity contribution in [2.45, 2.75) is 85.4 Å². The van der Waals surface area contributed by atoms with E-state index in [1.165, 1.54) is 0 Å². The van der Waals surface area contributed by atoms with Crippen LogP contribution in [0.4, 0.5) is 0 Å². The number of hydrogen-bond donors (Lipinski definition) is 5. The van der Waals surface area contributed by atoms with E-state index < -0.39 is 11.7 Å². The van der Waals surface area contributed by atoms with Crippen molar-refractivity contribution in [2.24, 2.45) is 16.2 Å². The Hall–Kier alpha value is -0.620. The van der Waals surface area contributed by atoms with E-state index in [-0.39, 0.29) is 29.8 Å². The summed E-state index contributed by atoms with van der Waals surface area (Å²) in [6.07, 6.45) is 4.05. The van der Waals surface area contributed by atoms with Crippen molar-refractivity contribution in [1.29, 1.82) is 0 Å². The molecule has 0 saturated heterocycles. The van der Waals surface area contributed by atoms with E-state index in [2.05, 4.69) is 6.58 Å². The molecule has 5 N–H and O–H groups in total. The maximum Gasteiger partial charge on any atom is 0.164 e. The summed E-state index contributed by atoms with van der Waals surface area (Å²) in [5.41, 5.74) is -1.40. The zero-order chi connectivity index (χ0) is 19.7. The van der Waals surface area contributed by atoms with Crippen molar-refractivity contribution in [1.82, 2.24) is 0 Å². The molecule has 25 heavy (non-hydrogen) atoms. The van der Waals surface area contributed by atoms with E-state index >= 15 is 0 Å². The Morgan fingerprint density at radius 3 is 1.32 bits per heavy atom. The number of unbranched alkanes of at least 4 members (excludes halogenated alkanes) is 2. The van der Waals surface area contributed by atoms with Gasteiger partial charge in [-0.05, 0) is 36.5 Å². The normalized spacial score (nSPS) is 13.5. The van der Waals surface area contributed by atoms with E-state index in [9.17, 15) is 25.5 Å². The van der Waals surface area contributed by atoms with E-state index in [1.54, 1.807) is 0 Å². The lowest BCUT2D eigenvalue weighted by atomic mass is 9.74. The molecule has 0 heterocycles. The second-order valence-corrected chi connectivity index (χ2v) is 9.04. The fourth-order valence-electron chi connectivity index (χ4n) is 3.07. The van der Waals surface area contributed by atoms with Gasteiger partial charge in [-0.3, -0.25) is 0 Å². The molecule has 0 aromatic carbocycles. The fourth-order valence-corrected chi connectivity index (χ4v) is 3.07. The zero-order valence-electron chi connectivity index (χ0n) is 16.6. The van der Waals surface area contributed by atoms with E-state index in [0.717, 1.165) is 38.5 Å². The van der Waals surface area contributed by atoms with Crippen molar-refractivity contribution in [3.8, 4) is 0 Å². The summed E-state index contributed by atoms with van der Waals surface area (Å²) < 4.78 is 0. The first kappa shape index (κ1) is 24.4. The fraction of sp³-hybridized carbons (Fsp3) is 0.900. The van der Waals surface area contributed by atoms with Crippen molar-refractivity contribution in [3.63, 3.8) is 0 Å². The molecule has 0 spiro atoms. The van der Waals surface area contributed by atoms with Crippen molar-refractivity contribution in [2.75, 3.05) is 13.2 Å². The van der Waals surface area contributed by atoms with Crippen LogP contribution in [-0.4, -0.2) is 45.0 Å². The molecule has 0 unspecified atom stereocenters. The third kappa shape index (κ3) is 8.54. The maximum absolute atomic E-state index is 10.0. The molecule has 0 aliphatic heterocycles. The SMILES string of the molecule is C=C(O)C(CCCCC(C)(C)CO)(CCCCC(C)(C)CO)C(O)O. The van der Waals surface area contributed by atoms with Gasteiger partial charge in [0, 0.05) is 13.2 Å². The van der Waals surface area contributed by atoms with Crippen LogP contribution >= 0.6 is 0 Å². The highest BCUT2D eigenvalue weighted by molar-refractivity contribution is 5.03. The van der Waals surface area contributed by atoms with Gasteiger partial charge < -0.3 is 25.5 Å². The second-order valence-electron chi connectivity index (χ2n) is 9.04. The number of aliphatic hydroxyl groups excluding tert-OH is 4. The van der Waals surface area contributed by atoms with Crippen LogP contribution in [0.3, 0.4) is 0 Å². The summed E-state index contributed by atoms with van der Waals surface area (Å²) in [6, 6.07) is 0. The first-order valence-electron chi connectivity index (χ1n) is 9.39. The summed E-state index contributed by atoms with van der Waals surface area (Å²) >= 11 is 0. The maximum atomic E-state index is 10.0. The molecule has 150 valence electrons. The number of hydrogen-bond acceptors (Lipinski definition) is 5. The van der Waals surface area contributed by atoms with Crippen LogP contribution in [0.15, 0.2) is 12.3 Å². The average molecular weight is 361 g/mol. The highest BCUT2D eigenvalue weighted by Crippen LogP contribution is 2.40. The highest BCUT2D eigenvalue weighted by Gasteiger charge is 2.39. The molecule has 0 rings (SSSR count). The topological polar surface area (TPSA) is 101 Å². The van der Waals surface area contributed by atoms with E-state index in [0.29, 0.717) is 12.8 Å². The van der Waals surface area contributed by atoms with Crippen LogP contribution in [0.25, 0.3) is 0 Å². The molecule has 0 aliphatic rings. The summed E-state index contributed by atoms with van der Waals surface area (Å²) in [6.45, 7) is 11.8. The Morgan fingerprint density at radius 1 is 0.760 bits per heavy atom. The zero-order valence-corrected chi connectivity index (χ0v) is 16.6. The van der Waals surface area contributed by atoms with Gasteiger partial charge in [0.25, 0.3) is 0 Å². The minimum Gasteiger partial charge on any atom is -0.512 e. The van der Waals surface area contributed by atoms with E-state index in [1.807, 2.05) is 27.7 Å². The largest absolute Gasteiger partial charge is 0.512 e. The molecule has 0 fully saturated rings. The van der Waals surface area contributed by atoms with Crippen molar-refractivity contribution in [3.05, 3.63) is 12.3 Å². The molecule has 0 aliphatic carbocycles. The predicted octanol–water partition coefficient (Wildman–Crippen LogP) is 3.51. The lowest BCUT2D eigenvalue weighted by Crippen LogP contribution is -2.37. The molecule has 0 aromatic heterocycles. The van der Waals surface area contributed by atoms with Crippen LogP contribution in [0.1, 0.15) is 79.1 Å². The van der Waals surface area contributed by atoms with Gasteiger partial charge in [0.05, 0.1) is 11.2 Å². The first-order chi connectivity index (χ1) is 11.4. The number of rotatable bonds is 14. The molecule has 0 bridgehead atoms. The summed E-state index contributed by atoms with van der Waals surface area (Å²) in [4.78, 5) is 0. The van der Waals surface area contributed by atoms with Gasteiger partial charge in [-0.1, -0.05) is 60.0 Å². The Balaban J connectivity index is 4.67. The molecule has 5 nitrogen and oxygen atoms in total. The van der Waals surface area contributed by atoms with Crippen LogP contribution in [-0.2, 0) is 0 Å². The smallest absolute Gasteiger partial charge is 0.164 e. The second kappa shape index (κ2) is 10.5. The third-order valence-corrected chi connectivity index (χ3v) is 5.38. The molecule has 5 heteroatoms. The molecule has 0 saturated carbocycles. The van der Waals surface area contributed by atoms with Crippen molar-refractivity contribution >= 4 is 0 Å². The van der Waals surface area contributed by atoms with Gasteiger partial charge >= 0.3 is 0 Å². The Labute approximate surface area is 153 Å². The first-order valence-corrected chi connectivity index (χ1v) is 9.39. The average Bonchev–Trinajstić information content (AvgIpc) is 2.52. The summed E-state index contributed by atoms with van der Waals surface area (Å²) in [5.74, 6) is -0.176. The van der Waals surface area contributed by atoms with Gasteiger partial charge in [-0.25, -0.2) is 0 Å². The summed E-state index contributed by atoms with van der Waals surface area (Å²) in [5, 5.41) is 48.5. The Morgan fingerprint density at radius 2 is 1.08 bits per heavy atom. The predicted molar refractivity (Wildman–Crippen MR) is 101 cm³/mol. The standard InChI is InChI=1S/C20H40O5/c1-16(23)20(17(24)25,12-8-6-10-18(2,3)14-21)13-9-7-11-19(4,5)15-22/h17,21-25H,1,6-15H2,2-5H3. The summed E-state index contributed by atoms with van der Waals surface area (Å²) in [7, 11) is 0. The van der Waals surface area contributed by atoms with Crippen molar-refractivity contribution < 1.29 is 25.5 Å². The Kier molecular flexibility index (Phi) is 10.2. The number of aliphatic hydroxyl groups is 5. The van der Waals surface area contributed by atoms with Gasteiger partial charge in [0.2, 0.25) is 0 Å². The highest BCUT2D eigenvalue weighted by atomic mass is 16.5. The molecular formula is C20H40O5. The lowest BCUT2D eigenvalue weighted by Gasteiger charge is -2.35. The van der Waals surface area contributed by atoms with Gasteiger partial charge in [0.1, 0.15) is 0 Å². The minimum absolute atomic E-state index is 0.119. The Bertz CT molecular complexity index is 364. The molecule has 0 atom stereocenters. The van der Waals surface area contributed by atoms with Gasteiger partial charge in [-0.15, -0.1) is 0 Å². The van der Waals surface area contributed by atoms with Gasteiger partial charge in [-0.2, -0.15) is 0 Å². The van der Waals surface area contributed by atoms with Crippen LogP contribution in [0.2, 0.25) is 0 Å². The van der Waals surface area contributed by atoms with Gasteiger partial charge in [0.15, 0.2) is 6.29 Å². The lowest BCUT2D eigenvalue weighted by molar-refractivity contribution is -0.139. The van der Waals surface area contributed by atoms with Crippen LogP contribution in [0.5, 0.6) is 0 Å². The quantitative estimate of drug-likeness (QED) is 0.185.